The predicted octanol–water partition coefficient (Wildman–Crippen LogP) is 4.51. The number of benzene rings is 2. The Bertz CT molecular complexity index is 1280. The molecule has 3 N–H and O–H groups in total. The van der Waals surface area contributed by atoms with Crippen LogP contribution in [0.15, 0.2) is 48.5 Å². The largest absolute Gasteiger partial charge is 0.466 e. The van der Waals surface area contributed by atoms with Gasteiger partial charge in [0.05, 0.1) is 24.1 Å². The first-order chi connectivity index (χ1) is 19.0. The Hall–Kier alpha value is -3.88. The fraction of sp³-hybridized carbons (Fsp3) is 0.467. The third kappa shape index (κ3) is 6.58. The molecule has 3 aromatic rings. The van der Waals surface area contributed by atoms with E-state index in [1.54, 1.807) is 11.8 Å². The number of aromatic nitrogens is 2. The van der Waals surface area contributed by atoms with Crippen LogP contribution in [0.3, 0.4) is 0 Å². The second kappa shape index (κ2) is 12.3. The standard InChI is InChI=1S/C30H37N5O4/c1-2-39-29(38)17-21-13-16-28(37)35(26-10-6-3-7-23(21)26)19-27(36)31-18-20-11-14-22(15-12-20)32-30-33-24-8-4-5-9-25(24)34-30/h3-10,20-22H,2,11-19H2,1H3,(H,31,36)(H2,32,33,34). The Morgan fingerprint density at radius 1 is 1.05 bits per heavy atom. The van der Waals surface area contributed by atoms with Gasteiger partial charge < -0.3 is 25.3 Å². The van der Waals surface area contributed by atoms with Crippen molar-refractivity contribution >= 4 is 40.5 Å². The molecule has 1 atom stereocenters. The number of rotatable bonds is 9. The van der Waals surface area contributed by atoms with E-state index < -0.39 is 0 Å². The van der Waals surface area contributed by atoms with E-state index in [1.165, 1.54) is 0 Å². The zero-order chi connectivity index (χ0) is 27.2. The first kappa shape index (κ1) is 26.7. The Morgan fingerprint density at radius 3 is 2.62 bits per heavy atom. The summed E-state index contributed by atoms with van der Waals surface area (Å²) >= 11 is 0. The molecule has 9 nitrogen and oxygen atoms in total. The predicted molar refractivity (Wildman–Crippen MR) is 150 cm³/mol. The van der Waals surface area contributed by atoms with Gasteiger partial charge in [0.1, 0.15) is 6.54 Å². The van der Waals surface area contributed by atoms with Gasteiger partial charge in [-0.05, 0) is 74.6 Å². The zero-order valence-electron chi connectivity index (χ0n) is 22.4. The molecule has 0 radical (unpaired) electrons. The van der Waals surface area contributed by atoms with E-state index in [-0.39, 0.29) is 43.1 Å². The summed E-state index contributed by atoms with van der Waals surface area (Å²) in [4.78, 5) is 47.7. The number of para-hydroxylation sites is 3. The van der Waals surface area contributed by atoms with Crippen LogP contribution in [0, 0.1) is 5.92 Å². The summed E-state index contributed by atoms with van der Waals surface area (Å²) in [5, 5.41) is 6.59. The maximum absolute atomic E-state index is 13.0. The number of H-pyrrole nitrogens is 1. The minimum Gasteiger partial charge on any atom is -0.466 e. The number of hydrogen-bond donors (Lipinski definition) is 3. The zero-order valence-corrected chi connectivity index (χ0v) is 22.4. The number of imidazole rings is 1. The van der Waals surface area contributed by atoms with E-state index in [9.17, 15) is 14.4 Å². The van der Waals surface area contributed by atoms with Crippen molar-refractivity contribution in [2.75, 3.05) is 29.9 Å². The summed E-state index contributed by atoms with van der Waals surface area (Å²) in [6.07, 6.45) is 5.12. The normalized spacial score (nSPS) is 21.2. The molecule has 1 unspecified atom stereocenters. The van der Waals surface area contributed by atoms with E-state index >= 15 is 0 Å². The van der Waals surface area contributed by atoms with Crippen molar-refractivity contribution in [3.63, 3.8) is 0 Å². The van der Waals surface area contributed by atoms with Gasteiger partial charge in [0, 0.05) is 24.7 Å². The molecule has 2 heterocycles. The molecule has 1 saturated carbocycles. The molecule has 0 saturated heterocycles. The van der Waals surface area contributed by atoms with Crippen LogP contribution in [0.5, 0.6) is 0 Å². The van der Waals surface area contributed by atoms with Crippen LogP contribution in [0.4, 0.5) is 11.6 Å². The monoisotopic (exact) mass is 531 g/mol. The van der Waals surface area contributed by atoms with Crippen molar-refractivity contribution in [3.8, 4) is 0 Å². The SMILES string of the molecule is CCOC(=O)CC1CCC(=O)N(CC(=O)NCC2CCC(Nc3nc4ccccc4[nH]3)CC2)c2ccccc21. The molecule has 9 heteroatoms. The van der Waals surface area contributed by atoms with Crippen LogP contribution in [-0.4, -0.2) is 53.5 Å². The second-order valence-electron chi connectivity index (χ2n) is 10.6. The number of anilines is 2. The molecule has 2 amide bonds. The number of fused-ring (bicyclic) bond motifs is 2. The van der Waals surface area contributed by atoms with Gasteiger partial charge in [0.25, 0.3) is 0 Å². The third-order valence-corrected chi connectivity index (χ3v) is 7.86. The quantitative estimate of drug-likeness (QED) is 0.350. The third-order valence-electron chi connectivity index (χ3n) is 7.86. The molecule has 206 valence electrons. The summed E-state index contributed by atoms with van der Waals surface area (Å²) in [6, 6.07) is 15.9. The average Bonchev–Trinajstić information content (AvgIpc) is 3.30. The van der Waals surface area contributed by atoms with Crippen LogP contribution in [-0.2, 0) is 19.1 Å². The molecule has 39 heavy (non-hydrogen) atoms. The number of esters is 1. The minimum atomic E-state index is -0.265. The maximum Gasteiger partial charge on any atom is 0.306 e. The van der Waals surface area contributed by atoms with Gasteiger partial charge in [-0.15, -0.1) is 0 Å². The molecule has 5 rings (SSSR count). The molecular formula is C30H37N5O4. The molecular weight excluding hydrogens is 494 g/mol. The molecule has 0 spiro atoms. The Morgan fingerprint density at radius 2 is 1.82 bits per heavy atom. The van der Waals surface area contributed by atoms with E-state index in [0.29, 0.717) is 37.2 Å². The van der Waals surface area contributed by atoms with E-state index in [4.69, 9.17) is 4.74 Å². The summed E-state index contributed by atoms with van der Waals surface area (Å²) < 4.78 is 5.15. The van der Waals surface area contributed by atoms with E-state index in [0.717, 1.165) is 48.2 Å². The van der Waals surface area contributed by atoms with Gasteiger partial charge in [-0.2, -0.15) is 0 Å². The lowest BCUT2D eigenvalue weighted by molar-refractivity contribution is -0.143. The van der Waals surface area contributed by atoms with Crippen LogP contribution in [0.25, 0.3) is 11.0 Å². The Labute approximate surface area is 228 Å². The number of hydrogen-bond acceptors (Lipinski definition) is 6. The average molecular weight is 532 g/mol. The number of ether oxygens (including phenoxy) is 1. The lowest BCUT2D eigenvalue weighted by Gasteiger charge is -2.29. The first-order valence-corrected chi connectivity index (χ1v) is 14.0. The van der Waals surface area contributed by atoms with Crippen molar-refractivity contribution < 1.29 is 19.1 Å². The van der Waals surface area contributed by atoms with Crippen molar-refractivity contribution in [2.45, 2.75) is 63.8 Å². The fourth-order valence-corrected chi connectivity index (χ4v) is 5.79. The fourth-order valence-electron chi connectivity index (χ4n) is 5.79. The summed E-state index contributed by atoms with van der Waals surface area (Å²) in [5.41, 5.74) is 3.61. The maximum atomic E-state index is 13.0. The van der Waals surface area contributed by atoms with E-state index in [2.05, 4.69) is 20.6 Å². The molecule has 1 fully saturated rings. The molecule has 1 aromatic heterocycles. The van der Waals surface area contributed by atoms with Gasteiger partial charge in [0.15, 0.2) is 0 Å². The highest BCUT2D eigenvalue weighted by Crippen LogP contribution is 2.37. The van der Waals surface area contributed by atoms with Gasteiger partial charge in [-0.1, -0.05) is 30.3 Å². The van der Waals surface area contributed by atoms with Crippen molar-refractivity contribution in [1.82, 2.24) is 15.3 Å². The topological polar surface area (TPSA) is 116 Å². The Kier molecular flexibility index (Phi) is 8.44. The number of carbonyl (C=O) groups excluding carboxylic acids is 3. The molecule has 2 aromatic carbocycles. The summed E-state index contributed by atoms with van der Waals surface area (Å²) in [5.74, 6) is 0.577. The number of carbonyl (C=O) groups is 3. The highest BCUT2D eigenvalue weighted by Gasteiger charge is 2.31. The second-order valence-corrected chi connectivity index (χ2v) is 10.6. The van der Waals surface area contributed by atoms with Crippen LogP contribution >= 0.6 is 0 Å². The van der Waals surface area contributed by atoms with Crippen molar-refractivity contribution in [1.29, 1.82) is 0 Å². The van der Waals surface area contributed by atoms with Crippen molar-refractivity contribution in [3.05, 3.63) is 54.1 Å². The van der Waals surface area contributed by atoms with Gasteiger partial charge in [-0.25, -0.2) is 4.98 Å². The van der Waals surface area contributed by atoms with E-state index in [1.807, 2.05) is 48.5 Å². The van der Waals surface area contributed by atoms with Crippen molar-refractivity contribution in [2.24, 2.45) is 5.92 Å². The molecule has 2 aliphatic rings. The number of aromatic amines is 1. The van der Waals surface area contributed by atoms with Gasteiger partial charge in [-0.3, -0.25) is 14.4 Å². The lowest BCUT2D eigenvalue weighted by atomic mass is 9.86. The highest BCUT2D eigenvalue weighted by atomic mass is 16.5. The smallest absolute Gasteiger partial charge is 0.306 e. The highest BCUT2D eigenvalue weighted by molar-refractivity contribution is 6.00. The summed E-state index contributed by atoms with van der Waals surface area (Å²) in [6.45, 7) is 2.70. The minimum absolute atomic E-state index is 0.0229. The molecule has 0 bridgehead atoms. The Balaban J connectivity index is 1.12. The van der Waals surface area contributed by atoms with Gasteiger partial charge >= 0.3 is 5.97 Å². The van der Waals surface area contributed by atoms with Crippen LogP contribution in [0.2, 0.25) is 0 Å². The first-order valence-electron chi connectivity index (χ1n) is 14.0. The molecule has 1 aliphatic carbocycles. The van der Waals surface area contributed by atoms with Gasteiger partial charge in [0.2, 0.25) is 17.8 Å². The molecule has 1 aliphatic heterocycles. The number of nitrogens with one attached hydrogen (secondary N) is 3. The number of amides is 2. The number of nitrogens with zero attached hydrogens (tertiary/aromatic N) is 2. The van der Waals surface area contributed by atoms with Crippen LogP contribution < -0.4 is 15.5 Å². The summed E-state index contributed by atoms with van der Waals surface area (Å²) in [7, 11) is 0. The van der Waals surface area contributed by atoms with Crippen LogP contribution in [0.1, 0.15) is 63.4 Å². The lowest BCUT2D eigenvalue weighted by Crippen LogP contribution is -2.42.